The maximum atomic E-state index is 11.6. The van der Waals surface area contributed by atoms with E-state index in [-0.39, 0.29) is 12.4 Å². The fourth-order valence-electron chi connectivity index (χ4n) is 1.72. The molecule has 0 unspecified atom stereocenters. The molecule has 1 aromatic carbocycles. The van der Waals surface area contributed by atoms with Gasteiger partial charge in [0.05, 0.1) is 19.1 Å². The van der Waals surface area contributed by atoms with E-state index < -0.39 is 11.9 Å². The molecule has 0 atom stereocenters. The lowest BCUT2D eigenvalue weighted by Crippen LogP contribution is -2.20. The van der Waals surface area contributed by atoms with Crippen LogP contribution in [0.2, 0.25) is 0 Å². The van der Waals surface area contributed by atoms with Gasteiger partial charge < -0.3 is 24.5 Å². The molecule has 0 aliphatic carbocycles. The van der Waals surface area contributed by atoms with Gasteiger partial charge in [0.25, 0.3) is 5.91 Å². The average molecular weight is 332 g/mol. The molecule has 0 aliphatic rings. The number of amides is 1. The molecule has 0 radical (unpaired) electrons. The first kappa shape index (κ1) is 17.1. The van der Waals surface area contributed by atoms with E-state index in [4.69, 9.17) is 24.5 Å². The predicted molar refractivity (Wildman–Crippen MR) is 84.0 cm³/mol. The van der Waals surface area contributed by atoms with Gasteiger partial charge in [0.2, 0.25) is 5.76 Å². The van der Waals surface area contributed by atoms with Gasteiger partial charge in [-0.25, -0.2) is 4.79 Å². The molecule has 8 nitrogen and oxygen atoms in total. The number of nitrogens with two attached hydrogens (primary N) is 1. The zero-order valence-corrected chi connectivity index (χ0v) is 12.9. The summed E-state index contributed by atoms with van der Waals surface area (Å²) in [5.74, 6) is -0.451. The number of hydrogen-bond donors (Lipinski definition) is 1. The van der Waals surface area contributed by atoms with Crippen LogP contribution in [-0.4, -0.2) is 31.3 Å². The van der Waals surface area contributed by atoms with Crippen LogP contribution in [-0.2, 0) is 9.63 Å². The van der Waals surface area contributed by atoms with Crippen LogP contribution in [0.1, 0.15) is 23.0 Å². The highest BCUT2D eigenvalue weighted by atomic mass is 16.7. The molecule has 2 N–H and O–H groups in total. The van der Waals surface area contributed by atoms with Crippen molar-refractivity contribution in [1.29, 1.82) is 0 Å². The Morgan fingerprint density at radius 2 is 2.08 bits per heavy atom. The van der Waals surface area contributed by atoms with E-state index in [1.807, 2.05) is 6.92 Å². The average Bonchev–Trinajstić information content (AvgIpc) is 3.08. The highest BCUT2D eigenvalue weighted by Gasteiger charge is 2.10. The summed E-state index contributed by atoms with van der Waals surface area (Å²) in [4.78, 5) is 27.0. The van der Waals surface area contributed by atoms with E-state index in [2.05, 4.69) is 5.16 Å². The SMILES string of the molecule is CCOc1cc(/C=N/OC(=O)c2ccco2)ccc1OCC(N)=O. The Hall–Kier alpha value is -3.29. The number of furan rings is 1. The third-order valence-electron chi connectivity index (χ3n) is 2.70. The zero-order valence-electron chi connectivity index (χ0n) is 12.9. The molecule has 1 amide bonds. The summed E-state index contributed by atoms with van der Waals surface area (Å²) in [6.45, 7) is 1.96. The molecule has 0 saturated carbocycles. The molecule has 0 saturated heterocycles. The lowest BCUT2D eigenvalue weighted by Gasteiger charge is -2.11. The largest absolute Gasteiger partial charge is 0.490 e. The summed E-state index contributed by atoms with van der Waals surface area (Å²) in [5, 5.41) is 3.60. The quantitative estimate of drug-likeness (QED) is 0.447. The predicted octanol–water partition coefficient (Wildman–Crippen LogP) is 1.73. The van der Waals surface area contributed by atoms with Crippen LogP contribution >= 0.6 is 0 Å². The first-order valence-electron chi connectivity index (χ1n) is 7.06. The number of nitrogens with zero attached hydrogens (tertiary/aromatic N) is 1. The number of hydrogen-bond acceptors (Lipinski definition) is 7. The van der Waals surface area contributed by atoms with Crippen molar-refractivity contribution < 1.29 is 28.3 Å². The van der Waals surface area contributed by atoms with Crippen molar-refractivity contribution in [3.8, 4) is 11.5 Å². The van der Waals surface area contributed by atoms with Crippen molar-refractivity contribution in [1.82, 2.24) is 0 Å². The molecule has 8 heteroatoms. The first-order chi connectivity index (χ1) is 11.6. The summed E-state index contributed by atoms with van der Waals surface area (Å²) >= 11 is 0. The molecule has 0 bridgehead atoms. The van der Waals surface area contributed by atoms with Crippen LogP contribution in [0.25, 0.3) is 0 Å². The van der Waals surface area contributed by atoms with Crippen LogP contribution in [0.5, 0.6) is 11.5 Å². The minimum atomic E-state index is -0.706. The third-order valence-corrected chi connectivity index (χ3v) is 2.70. The van der Waals surface area contributed by atoms with Crippen LogP contribution in [0.3, 0.4) is 0 Å². The Balaban J connectivity index is 2.04. The number of carbonyl (C=O) groups is 2. The Morgan fingerprint density at radius 3 is 2.75 bits per heavy atom. The third kappa shape index (κ3) is 4.87. The summed E-state index contributed by atoms with van der Waals surface area (Å²) in [6, 6.07) is 7.92. The molecule has 2 rings (SSSR count). The lowest BCUT2D eigenvalue weighted by molar-refractivity contribution is -0.119. The molecule has 0 aliphatic heterocycles. The van der Waals surface area contributed by atoms with Crippen molar-refractivity contribution in [3.63, 3.8) is 0 Å². The topological polar surface area (TPSA) is 113 Å². The van der Waals surface area contributed by atoms with Gasteiger partial charge in [0.15, 0.2) is 18.1 Å². The highest BCUT2D eigenvalue weighted by molar-refractivity contribution is 5.87. The highest BCUT2D eigenvalue weighted by Crippen LogP contribution is 2.28. The fourth-order valence-corrected chi connectivity index (χ4v) is 1.72. The van der Waals surface area contributed by atoms with Gasteiger partial charge >= 0.3 is 5.97 Å². The zero-order chi connectivity index (χ0) is 17.4. The van der Waals surface area contributed by atoms with Gasteiger partial charge in [0, 0.05) is 5.56 Å². The summed E-state index contributed by atoms with van der Waals surface area (Å²) in [7, 11) is 0. The van der Waals surface area contributed by atoms with Crippen molar-refractivity contribution in [2.45, 2.75) is 6.92 Å². The van der Waals surface area contributed by atoms with Crippen molar-refractivity contribution >= 4 is 18.1 Å². The molecule has 1 aromatic heterocycles. The minimum absolute atomic E-state index is 0.0531. The maximum Gasteiger partial charge on any atom is 0.400 e. The number of rotatable bonds is 8. The molecule has 24 heavy (non-hydrogen) atoms. The number of ether oxygens (including phenoxy) is 2. The Bertz CT molecular complexity index is 724. The normalized spacial score (nSPS) is 10.5. The van der Waals surface area contributed by atoms with Gasteiger partial charge in [-0.2, -0.15) is 0 Å². The second-order valence-electron chi connectivity index (χ2n) is 4.48. The van der Waals surface area contributed by atoms with Crippen LogP contribution in [0, 0.1) is 0 Å². The maximum absolute atomic E-state index is 11.6. The fraction of sp³-hybridized carbons (Fsp3) is 0.188. The van der Waals surface area contributed by atoms with E-state index in [1.54, 1.807) is 24.3 Å². The molecule has 2 aromatic rings. The Kier molecular flexibility index (Phi) is 5.95. The van der Waals surface area contributed by atoms with Crippen LogP contribution in [0.15, 0.2) is 46.2 Å². The van der Waals surface area contributed by atoms with Gasteiger partial charge in [-0.15, -0.1) is 0 Å². The smallest absolute Gasteiger partial charge is 0.400 e. The van der Waals surface area contributed by atoms with E-state index in [1.165, 1.54) is 18.5 Å². The second kappa shape index (κ2) is 8.37. The molecular weight excluding hydrogens is 316 g/mol. The van der Waals surface area contributed by atoms with Crippen LogP contribution < -0.4 is 15.2 Å². The summed E-state index contributed by atoms with van der Waals surface area (Å²) in [6.07, 6.45) is 2.70. The standard InChI is InChI=1S/C16H16N2O6/c1-2-21-14-8-11(5-6-12(14)23-10-15(17)19)9-18-24-16(20)13-4-3-7-22-13/h3-9H,2,10H2,1H3,(H2,17,19)/b18-9+. The van der Waals surface area contributed by atoms with E-state index in [0.717, 1.165) is 0 Å². The lowest BCUT2D eigenvalue weighted by atomic mass is 10.2. The first-order valence-corrected chi connectivity index (χ1v) is 7.06. The van der Waals surface area contributed by atoms with Crippen LogP contribution in [0.4, 0.5) is 0 Å². The molecular formula is C16H16N2O6. The van der Waals surface area contributed by atoms with Gasteiger partial charge in [-0.1, -0.05) is 5.16 Å². The van der Waals surface area contributed by atoms with Crippen molar-refractivity contribution in [2.75, 3.05) is 13.2 Å². The minimum Gasteiger partial charge on any atom is -0.490 e. The molecule has 0 spiro atoms. The van der Waals surface area contributed by atoms with Gasteiger partial charge in [-0.05, 0) is 37.3 Å². The number of primary amides is 1. The second-order valence-corrected chi connectivity index (χ2v) is 4.48. The molecule has 1 heterocycles. The number of oxime groups is 1. The van der Waals surface area contributed by atoms with E-state index >= 15 is 0 Å². The Morgan fingerprint density at radius 1 is 1.25 bits per heavy atom. The summed E-state index contributed by atoms with van der Waals surface area (Å²) < 4.78 is 15.6. The monoisotopic (exact) mass is 332 g/mol. The molecule has 0 fully saturated rings. The number of carbonyl (C=O) groups excluding carboxylic acids is 2. The van der Waals surface area contributed by atoms with E-state index in [9.17, 15) is 9.59 Å². The van der Waals surface area contributed by atoms with E-state index in [0.29, 0.717) is 23.7 Å². The van der Waals surface area contributed by atoms with Crippen molar-refractivity contribution in [3.05, 3.63) is 47.9 Å². The van der Waals surface area contributed by atoms with Gasteiger partial charge in [0.1, 0.15) is 0 Å². The molecule has 126 valence electrons. The summed E-state index contributed by atoms with van der Waals surface area (Å²) in [5.41, 5.74) is 5.65. The van der Waals surface area contributed by atoms with Crippen molar-refractivity contribution in [2.24, 2.45) is 10.9 Å². The number of benzene rings is 1. The Labute approximate surface area is 137 Å². The van der Waals surface area contributed by atoms with Gasteiger partial charge in [-0.3, -0.25) is 4.79 Å².